The summed E-state index contributed by atoms with van der Waals surface area (Å²) in [6.07, 6.45) is -0.0524. The summed E-state index contributed by atoms with van der Waals surface area (Å²) in [6, 6.07) is 13.0. The Bertz CT molecular complexity index is 732. The summed E-state index contributed by atoms with van der Waals surface area (Å²) >= 11 is 0. The predicted octanol–water partition coefficient (Wildman–Crippen LogP) is 2.76. The van der Waals surface area contributed by atoms with E-state index < -0.39 is 0 Å². The van der Waals surface area contributed by atoms with E-state index in [9.17, 15) is 4.79 Å². The average Bonchev–Trinajstić information content (AvgIpc) is 2.68. The second-order valence-electron chi connectivity index (χ2n) is 5.64. The highest BCUT2D eigenvalue weighted by molar-refractivity contribution is 5.78. The molecule has 0 spiro atoms. The molecule has 2 aromatic rings. The van der Waals surface area contributed by atoms with Crippen LogP contribution in [0.2, 0.25) is 0 Å². The van der Waals surface area contributed by atoms with Gasteiger partial charge >= 0.3 is 0 Å². The Morgan fingerprint density at radius 1 is 0.923 bits per heavy atom. The third kappa shape index (κ3) is 4.89. The molecule has 0 aliphatic carbocycles. The lowest BCUT2D eigenvalue weighted by Gasteiger charge is -2.19. The van der Waals surface area contributed by atoms with Crippen LogP contribution in [0.1, 0.15) is 17.2 Å². The molecule has 0 aromatic heterocycles. The number of methoxy groups -OCH3 is 4. The molecule has 6 heteroatoms. The van der Waals surface area contributed by atoms with E-state index in [1.54, 1.807) is 40.6 Å². The van der Waals surface area contributed by atoms with E-state index in [1.807, 2.05) is 30.3 Å². The molecule has 2 aromatic carbocycles. The minimum Gasteiger partial charge on any atom is -0.496 e. The van der Waals surface area contributed by atoms with E-state index in [1.165, 1.54) is 0 Å². The van der Waals surface area contributed by atoms with Gasteiger partial charge in [-0.25, -0.2) is 0 Å². The molecule has 2 rings (SSSR count). The molecule has 0 saturated carbocycles. The third-order valence-corrected chi connectivity index (χ3v) is 4.07. The van der Waals surface area contributed by atoms with Crippen molar-refractivity contribution < 1.29 is 23.7 Å². The monoisotopic (exact) mass is 359 g/mol. The molecule has 0 bridgehead atoms. The van der Waals surface area contributed by atoms with Crippen LogP contribution >= 0.6 is 0 Å². The van der Waals surface area contributed by atoms with Crippen LogP contribution < -0.4 is 19.5 Å². The number of hydrogen-bond acceptors (Lipinski definition) is 5. The maximum atomic E-state index is 12.3. The fourth-order valence-corrected chi connectivity index (χ4v) is 2.70. The maximum Gasteiger partial charge on any atom is 0.224 e. The van der Waals surface area contributed by atoms with Crippen molar-refractivity contribution in [3.8, 4) is 17.2 Å². The van der Waals surface area contributed by atoms with Crippen LogP contribution in [0.4, 0.5) is 0 Å². The number of carbonyl (C=O) groups is 1. The first-order valence-corrected chi connectivity index (χ1v) is 8.26. The molecule has 0 saturated heterocycles. The smallest absolute Gasteiger partial charge is 0.224 e. The van der Waals surface area contributed by atoms with E-state index in [0.717, 1.165) is 16.9 Å². The van der Waals surface area contributed by atoms with Crippen molar-refractivity contribution in [2.75, 3.05) is 35.0 Å². The number of carbonyl (C=O) groups excluding carboxylic acids is 1. The molecular formula is C20H25NO5. The van der Waals surface area contributed by atoms with Crippen molar-refractivity contribution in [3.05, 3.63) is 53.6 Å². The van der Waals surface area contributed by atoms with Gasteiger partial charge in [-0.2, -0.15) is 0 Å². The third-order valence-electron chi connectivity index (χ3n) is 4.07. The minimum absolute atomic E-state index is 0.103. The second kappa shape index (κ2) is 9.68. The number of nitrogens with one attached hydrogen (secondary N) is 1. The summed E-state index contributed by atoms with van der Waals surface area (Å²) in [5.74, 6) is 1.86. The van der Waals surface area contributed by atoms with E-state index >= 15 is 0 Å². The number of benzene rings is 2. The van der Waals surface area contributed by atoms with Gasteiger partial charge in [0.15, 0.2) is 11.5 Å². The highest BCUT2D eigenvalue weighted by Crippen LogP contribution is 2.28. The van der Waals surface area contributed by atoms with Gasteiger partial charge in [0.25, 0.3) is 0 Å². The van der Waals surface area contributed by atoms with Gasteiger partial charge in [-0.05, 0) is 23.8 Å². The Kier molecular flexibility index (Phi) is 7.29. The van der Waals surface area contributed by atoms with Gasteiger partial charge < -0.3 is 24.3 Å². The molecule has 26 heavy (non-hydrogen) atoms. The zero-order chi connectivity index (χ0) is 18.9. The van der Waals surface area contributed by atoms with E-state index in [0.29, 0.717) is 18.0 Å². The van der Waals surface area contributed by atoms with Crippen molar-refractivity contribution >= 4 is 5.91 Å². The van der Waals surface area contributed by atoms with Crippen LogP contribution in [0.5, 0.6) is 17.2 Å². The normalized spacial score (nSPS) is 11.5. The predicted molar refractivity (Wildman–Crippen MR) is 99.0 cm³/mol. The van der Waals surface area contributed by atoms with Gasteiger partial charge in [0, 0.05) is 19.2 Å². The topological polar surface area (TPSA) is 66.0 Å². The quantitative estimate of drug-likeness (QED) is 0.746. The summed E-state index contributed by atoms with van der Waals surface area (Å²) in [5, 5.41) is 2.91. The number of rotatable bonds is 9. The number of hydrogen-bond donors (Lipinski definition) is 1. The largest absolute Gasteiger partial charge is 0.496 e. The Morgan fingerprint density at radius 3 is 2.27 bits per heavy atom. The highest BCUT2D eigenvalue weighted by Gasteiger charge is 2.16. The first-order chi connectivity index (χ1) is 12.6. The van der Waals surface area contributed by atoms with Gasteiger partial charge in [0.1, 0.15) is 11.9 Å². The molecule has 140 valence electrons. The van der Waals surface area contributed by atoms with Gasteiger partial charge in [0.2, 0.25) is 5.91 Å². The van der Waals surface area contributed by atoms with Crippen LogP contribution in [0, 0.1) is 0 Å². The van der Waals surface area contributed by atoms with Crippen LogP contribution in [-0.4, -0.2) is 40.9 Å². The molecule has 6 nitrogen and oxygen atoms in total. The van der Waals surface area contributed by atoms with Crippen LogP contribution in [-0.2, 0) is 16.0 Å². The fourth-order valence-electron chi connectivity index (χ4n) is 2.70. The van der Waals surface area contributed by atoms with Gasteiger partial charge in [-0.1, -0.05) is 24.3 Å². The summed E-state index contributed by atoms with van der Waals surface area (Å²) in [7, 11) is 6.36. The van der Waals surface area contributed by atoms with Crippen molar-refractivity contribution in [2.24, 2.45) is 0 Å². The van der Waals surface area contributed by atoms with Gasteiger partial charge in [0.05, 0.1) is 27.8 Å². The zero-order valence-electron chi connectivity index (χ0n) is 15.6. The second-order valence-corrected chi connectivity index (χ2v) is 5.64. The van der Waals surface area contributed by atoms with Crippen LogP contribution in [0.15, 0.2) is 42.5 Å². The maximum absolute atomic E-state index is 12.3. The summed E-state index contributed by atoms with van der Waals surface area (Å²) in [6.45, 7) is 0.350. The molecule has 0 radical (unpaired) electrons. The van der Waals surface area contributed by atoms with Crippen molar-refractivity contribution in [1.82, 2.24) is 5.32 Å². The summed E-state index contributed by atoms with van der Waals surface area (Å²) in [4.78, 5) is 12.3. The van der Waals surface area contributed by atoms with Crippen LogP contribution in [0.25, 0.3) is 0 Å². The molecular weight excluding hydrogens is 334 g/mol. The Labute approximate surface area is 154 Å². The summed E-state index contributed by atoms with van der Waals surface area (Å²) in [5.41, 5.74) is 1.73. The first-order valence-electron chi connectivity index (χ1n) is 8.26. The lowest BCUT2D eigenvalue weighted by Crippen LogP contribution is -2.30. The SMILES string of the molecule is COc1ccc(CC(=O)NC[C@@H](OC)c2ccccc2OC)cc1OC. The highest BCUT2D eigenvalue weighted by atomic mass is 16.5. The molecule has 1 atom stereocenters. The number of para-hydroxylation sites is 1. The number of ether oxygens (including phenoxy) is 4. The van der Waals surface area contributed by atoms with Crippen LogP contribution in [0.3, 0.4) is 0 Å². The van der Waals surface area contributed by atoms with Gasteiger partial charge in [-0.3, -0.25) is 4.79 Å². The standard InChI is InChI=1S/C20H25NO5/c1-23-16-8-6-5-7-15(16)19(26-4)13-21-20(22)12-14-9-10-17(24-2)18(11-14)25-3/h5-11,19H,12-13H2,1-4H3,(H,21,22)/t19-/m1/s1. The zero-order valence-corrected chi connectivity index (χ0v) is 15.6. The van der Waals surface area contributed by atoms with Crippen molar-refractivity contribution in [1.29, 1.82) is 0 Å². The molecule has 1 amide bonds. The first kappa shape index (κ1) is 19.6. The van der Waals surface area contributed by atoms with Crippen molar-refractivity contribution in [3.63, 3.8) is 0 Å². The molecule has 0 fully saturated rings. The Hall–Kier alpha value is -2.73. The lowest BCUT2D eigenvalue weighted by molar-refractivity contribution is -0.121. The molecule has 0 aliphatic rings. The molecule has 0 heterocycles. The fraction of sp³-hybridized carbons (Fsp3) is 0.350. The lowest BCUT2D eigenvalue weighted by atomic mass is 10.1. The van der Waals surface area contributed by atoms with E-state index in [4.69, 9.17) is 18.9 Å². The average molecular weight is 359 g/mol. The van der Waals surface area contributed by atoms with E-state index in [-0.39, 0.29) is 18.4 Å². The minimum atomic E-state index is -0.291. The molecule has 1 N–H and O–H groups in total. The molecule has 0 unspecified atom stereocenters. The Morgan fingerprint density at radius 2 is 1.62 bits per heavy atom. The number of amides is 1. The summed E-state index contributed by atoms with van der Waals surface area (Å²) < 4.78 is 21.3. The van der Waals surface area contributed by atoms with Gasteiger partial charge in [-0.15, -0.1) is 0 Å². The van der Waals surface area contributed by atoms with E-state index in [2.05, 4.69) is 5.32 Å². The molecule has 0 aliphatic heterocycles. The Balaban J connectivity index is 1.99. The van der Waals surface area contributed by atoms with Crippen molar-refractivity contribution in [2.45, 2.75) is 12.5 Å².